The highest BCUT2D eigenvalue weighted by molar-refractivity contribution is 9.10. The molecule has 1 amide bonds. The van der Waals surface area contributed by atoms with E-state index in [1.165, 1.54) is 35.8 Å². The highest BCUT2D eigenvalue weighted by Gasteiger charge is 2.27. The van der Waals surface area contributed by atoms with Gasteiger partial charge in [0.25, 0.3) is 11.8 Å². The second-order valence-corrected chi connectivity index (χ2v) is 7.73. The monoisotopic (exact) mass is 505 g/mol. The normalized spacial score (nSPS) is 11.7. The standard InChI is InChI=1S/C20H18BrF2N7O2/c1-10(32-19-18(25)26-8-16(21)27-19)14-4-11(22)5-15(23)17(14)20(31)29(2)9-12-6-13(7-24)30(3)28-12/h4-6,8,10H,9H2,1-3H3,(H2,25,26). The summed E-state index contributed by atoms with van der Waals surface area (Å²) < 4.78 is 36.2. The van der Waals surface area contributed by atoms with Crippen molar-refractivity contribution >= 4 is 27.7 Å². The Bertz CT molecular complexity index is 1230. The number of benzene rings is 1. The molecule has 3 aromatic rings. The maximum atomic E-state index is 14.8. The number of rotatable bonds is 6. The molecule has 2 N–H and O–H groups in total. The molecule has 1 aromatic carbocycles. The molecule has 3 rings (SSSR count). The molecule has 166 valence electrons. The second-order valence-electron chi connectivity index (χ2n) is 6.91. The third-order valence-electron chi connectivity index (χ3n) is 4.55. The molecule has 9 nitrogen and oxygen atoms in total. The molecule has 0 aliphatic rings. The van der Waals surface area contributed by atoms with Crippen molar-refractivity contribution in [1.82, 2.24) is 24.6 Å². The molecule has 0 aliphatic carbocycles. The van der Waals surface area contributed by atoms with Crippen LogP contribution in [-0.4, -0.2) is 37.6 Å². The van der Waals surface area contributed by atoms with Crippen LogP contribution in [0, 0.1) is 23.0 Å². The highest BCUT2D eigenvalue weighted by atomic mass is 79.9. The molecular weight excluding hydrogens is 488 g/mol. The molecule has 0 spiro atoms. The first-order valence-electron chi connectivity index (χ1n) is 9.22. The zero-order valence-electron chi connectivity index (χ0n) is 17.3. The maximum Gasteiger partial charge on any atom is 0.258 e. The lowest BCUT2D eigenvalue weighted by atomic mass is 10.0. The van der Waals surface area contributed by atoms with Crippen LogP contribution in [0.1, 0.15) is 40.3 Å². The Hall–Kier alpha value is -3.59. The minimum Gasteiger partial charge on any atom is -0.467 e. The molecule has 2 heterocycles. The first-order valence-corrected chi connectivity index (χ1v) is 10.0. The fraction of sp³-hybridized carbons (Fsp3) is 0.250. The van der Waals surface area contributed by atoms with Crippen LogP contribution < -0.4 is 10.5 Å². The van der Waals surface area contributed by atoms with Gasteiger partial charge in [-0.15, -0.1) is 0 Å². The average Bonchev–Trinajstić information content (AvgIpc) is 3.08. The SMILES string of the molecule is CC(Oc1nc(Br)cnc1N)c1cc(F)cc(F)c1C(=O)N(C)Cc1cc(C#N)n(C)n1. The lowest BCUT2D eigenvalue weighted by Gasteiger charge is -2.22. The summed E-state index contributed by atoms with van der Waals surface area (Å²) in [6.45, 7) is 1.51. The van der Waals surface area contributed by atoms with Gasteiger partial charge < -0.3 is 15.4 Å². The molecular formula is C20H18BrF2N7O2. The van der Waals surface area contributed by atoms with Crippen molar-refractivity contribution in [3.63, 3.8) is 0 Å². The van der Waals surface area contributed by atoms with Gasteiger partial charge in [0.2, 0.25) is 0 Å². The second kappa shape index (κ2) is 9.27. The number of hydrogen-bond donors (Lipinski definition) is 1. The smallest absolute Gasteiger partial charge is 0.258 e. The summed E-state index contributed by atoms with van der Waals surface area (Å²) in [6, 6.07) is 5.14. The number of anilines is 1. The van der Waals surface area contributed by atoms with E-state index in [4.69, 9.17) is 15.7 Å². The first kappa shape index (κ1) is 23.1. The molecule has 0 saturated heterocycles. The number of carbonyl (C=O) groups is 1. The van der Waals surface area contributed by atoms with Gasteiger partial charge in [-0.1, -0.05) is 0 Å². The fourth-order valence-electron chi connectivity index (χ4n) is 3.03. The van der Waals surface area contributed by atoms with Gasteiger partial charge in [-0.05, 0) is 35.0 Å². The van der Waals surface area contributed by atoms with Gasteiger partial charge in [0, 0.05) is 25.7 Å². The van der Waals surface area contributed by atoms with Gasteiger partial charge in [-0.25, -0.2) is 18.7 Å². The molecule has 0 fully saturated rings. The van der Waals surface area contributed by atoms with Gasteiger partial charge in [0.05, 0.1) is 24.0 Å². The number of carbonyl (C=O) groups excluding carboxylic acids is 1. The zero-order valence-corrected chi connectivity index (χ0v) is 18.9. The number of aryl methyl sites for hydroxylation is 1. The van der Waals surface area contributed by atoms with Crippen molar-refractivity contribution in [1.29, 1.82) is 5.26 Å². The molecule has 2 aromatic heterocycles. The average molecular weight is 506 g/mol. The molecule has 1 unspecified atom stereocenters. The van der Waals surface area contributed by atoms with Gasteiger partial charge in [0.15, 0.2) is 5.82 Å². The van der Waals surface area contributed by atoms with Crippen molar-refractivity contribution in [3.05, 3.63) is 63.1 Å². The van der Waals surface area contributed by atoms with E-state index in [0.717, 1.165) is 6.07 Å². The highest BCUT2D eigenvalue weighted by Crippen LogP contribution is 2.29. The van der Waals surface area contributed by atoms with Crippen molar-refractivity contribution in [2.24, 2.45) is 7.05 Å². The quantitative estimate of drug-likeness (QED) is 0.545. The molecule has 32 heavy (non-hydrogen) atoms. The maximum absolute atomic E-state index is 14.8. The van der Waals surface area contributed by atoms with E-state index in [1.807, 2.05) is 6.07 Å². The lowest BCUT2D eigenvalue weighted by Crippen LogP contribution is -2.29. The van der Waals surface area contributed by atoms with Crippen molar-refractivity contribution in [2.45, 2.75) is 19.6 Å². The number of halogens is 3. The number of ether oxygens (including phenoxy) is 1. The van der Waals surface area contributed by atoms with E-state index in [0.29, 0.717) is 22.1 Å². The Morgan fingerprint density at radius 1 is 1.41 bits per heavy atom. The van der Waals surface area contributed by atoms with Crippen LogP contribution in [-0.2, 0) is 13.6 Å². The Balaban J connectivity index is 1.92. The van der Waals surface area contributed by atoms with Gasteiger partial charge in [0.1, 0.15) is 34.1 Å². The number of aromatic nitrogens is 4. The number of nitrogen functional groups attached to an aromatic ring is 1. The summed E-state index contributed by atoms with van der Waals surface area (Å²) >= 11 is 3.15. The number of amides is 1. The van der Waals surface area contributed by atoms with Crippen LogP contribution in [0.25, 0.3) is 0 Å². The van der Waals surface area contributed by atoms with Crippen molar-refractivity contribution < 1.29 is 18.3 Å². The van der Waals surface area contributed by atoms with E-state index in [-0.39, 0.29) is 29.4 Å². The van der Waals surface area contributed by atoms with Crippen LogP contribution >= 0.6 is 15.9 Å². The summed E-state index contributed by atoms with van der Waals surface area (Å²) in [7, 11) is 3.04. The summed E-state index contributed by atoms with van der Waals surface area (Å²) in [5, 5.41) is 13.2. The number of nitriles is 1. The topological polar surface area (TPSA) is 123 Å². The summed E-state index contributed by atoms with van der Waals surface area (Å²) in [5.74, 6) is -2.71. The number of nitrogens with two attached hydrogens (primary N) is 1. The summed E-state index contributed by atoms with van der Waals surface area (Å²) in [6.07, 6.45) is 0.382. The Labute approximate surface area is 190 Å². The molecule has 12 heteroatoms. The predicted octanol–water partition coefficient (Wildman–Crippen LogP) is 3.12. The lowest BCUT2D eigenvalue weighted by molar-refractivity contribution is 0.0772. The van der Waals surface area contributed by atoms with E-state index >= 15 is 0 Å². The van der Waals surface area contributed by atoms with E-state index in [9.17, 15) is 13.6 Å². The van der Waals surface area contributed by atoms with E-state index in [2.05, 4.69) is 31.0 Å². The van der Waals surface area contributed by atoms with E-state index < -0.39 is 23.6 Å². The van der Waals surface area contributed by atoms with Crippen LogP contribution in [0.5, 0.6) is 5.88 Å². The molecule has 0 aliphatic heterocycles. The van der Waals surface area contributed by atoms with Crippen molar-refractivity contribution in [3.8, 4) is 11.9 Å². The third kappa shape index (κ3) is 4.83. The molecule has 0 bridgehead atoms. The first-order chi connectivity index (χ1) is 15.1. The third-order valence-corrected chi connectivity index (χ3v) is 4.94. The van der Waals surface area contributed by atoms with Crippen LogP contribution in [0.15, 0.2) is 29.0 Å². The van der Waals surface area contributed by atoms with Crippen LogP contribution in [0.3, 0.4) is 0 Å². The summed E-state index contributed by atoms with van der Waals surface area (Å²) in [5.41, 5.74) is 6.11. The van der Waals surface area contributed by atoms with Gasteiger partial charge in [-0.3, -0.25) is 9.48 Å². The number of nitrogens with zero attached hydrogens (tertiary/aromatic N) is 6. The predicted molar refractivity (Wildman–Crippen MR) is 113 cm³/mol. The molecule has 0 radical (unpaired) electrons. The number of hydrogen-bond acceptors (Lipinski definition) is 7. The minimum atomic E-state index is -1.04. The molecule has 1 atom stereocenters. The summed E-state index contributed by atoms with van der Waals surface area (Å²) in [4.78, 5) is 22.3. The van der Waals surface area contributed by atoms with Crippen LogP contribution in [0.2, 0.25) is 0 Å². The van der Waals surface area contributed by atoms with Crippen molar-refractivity contribution in [2.75, 3.05) is 12.8 Å². The fourth-order valence-corrected chi connectivity index (χ4v) is 3.30. The Kier molecular flexibility index (Phi) is 6.69. The minimum absolute atomic E-state index is 0.00387. The van der Waals surface area contributed by atoms with E-state index in [1.54, 1.807) is 7.05 Å². The van der Waals surface area contributed by atoms with Gasteiger partial charge >= 0.3 is 0 Å². The zero-order chi connectivity index (χ0) is 23.6. The Morgan fingerprint density at radius 3 is 2.78 bits per heavy atom. The van der Waals surface area contributed by atoms with Crippen LogP contribution in [0.4, 0.5) is 14.6 Å². The van der Waals surface area contributed by atoms with Gasteiger partial charge in [-0.2, -0.15) is 10.4 Å². The largest absolute Gasteiger partial charge is 0.467 e. The Morgan fingerprint density at radius 2 is 2.12 bits per heavy atom. The molecule has 0 saturated carbocycles.